The van der Waals surface area contributed by atoms with Crippen molar-refractivity contribution in [2.75, 3.05) is 13.1 Å². The maximum Gasteiger partial charge on any atom is 0.410 e. The molecule has 118 valence electrons. The molecule has 1 amide bonds. The van der Waals surface area contributed by atoms with E-state index in [9.17, 15) is 4.79 Å². The molecular weight excluding hydrogens is 286 g/mol. The topological polar surface area (TPSA) is 54.5 Å². The molecule has 1 fully saturated rings. The number of thiazole rings is 1. The van der Waals surface area contributed by atoms with Gasteiger partial charge in [-0.1, -0.05) is 0 Å². The first kappa shape index (κ1) is 16.2. The Morgan fingerprint density at radius 3 is 3.00 bits per heavy atom. The average Bonchev–Trinajstić information content (AvgIpc) is 3.04. The zero-order valence-corrected chi connectivity index (χ0v) is 14.1. The fourth-order valence-corrected chi connectivity index (χ4v) is 3.13. The Hall–Kier alpha value is -1.14. The maximum atomic E-state index is 12.2. The quantitative estimate of drug-likeness (QED) is 0.928. The number of likely N-dealkylation sites (tertiary alicyclic amines) is 1. The molecule has 1 aromatic heterocycles. The molecular formula is C15H25N3O2S. The molecule has 0 spiro atoms. The van der Waals surface area contributed by atoms with E-state index in [0.717, 1.165) is 30.9 Å². The smallest absolute Gasteiger partial charge is 0.410 e. The molecule has 1 aliphatic rings. The van der Waals surface area contributed by atoms with Crippen LogP contribution < -0.4 is 5.32 Å². The van der Waals surface area contributed by atoms with Gasteiger partial charge in [0.05, 0.1) is 6.04 Å². The summed E-state index contributed by atoms with van der Waals surface area (Å²) in [6, 6.07) is 0.424. The molecule has 6 heteroatoms. The summed E-state index contributed by atoms with van der Waals surface area (Å²) in [5, 5.41) is 6.54. The van der Waals surface area contributed by atoms with Crippen LogP contribution in [0.1, 0.15) is 51.6 Å². The van der Waals surface area contributed by atoms with Crippen LogP contribution >= 0.6 is 11.3 Å². The highest BCUT2D eigenvalue weighted by Crippen LogP contribution is 2.21. The molecule has 2 atom stereocenters. The lowest BCUT2D eigenvalue weighted by atomic mass is 10.2. The zero-order chi connectivity index (χ0) is 15.5. The minimum atomic E-state index is -0.439. The minimum absolute atomic E-state index is 0.200. The monoisotopic (exact) mass is 311 g/mol. The lowest BCUT2D eigenvalue weighted by molar-refractivity contribution is 0.0225. The number of hydrogen-bond donors (Lipinski definition) is 1. The van der Waals surface area contributed by atoms with Crippen LogP contribution in [0, 0.1) is 0 Å². The number of ether oxygens (including phenoxy) is 1. The number of amides is 1. The predicted octanol–water partition coefficient (Wildman–Crippen LogP) is 3.19. The van der Waals surface area contributed by atoms with E-state index in [1.165, 1.54) is 0 Å². The van der Waals surface area contributed by atoms with Crippen LogP contribution in [0.25, 0.3) is 0 Å². The van der Waals surface area contributed by atoms with E-state index in [1.54, 1.807) is 11.3 Å². The Bertz CT molecular complexity index is 456. The molecule has 2 rings (SSSR count). The second-order valence-corrected chi connectivity index (χ2v) is 7.40. The molecule has 2 heterocycles. The van der Waals surface area contributed by atoms with Gasteiger partial charge in [0, 0.05) is 30.7 Å². The molecule has 0 bridgehead atoms. The number of nitrogens with one attached hydrogen (secondary N) is 1. The lowest BCUT2D eigenvalue weighted by Gasteiger charge is -2.29. The van der Waals surface area contributed by atoms with Crippen LogP contribution in [0.3, 0.4) is 0 Å². The number of aromatic nitrogens is 1. The largest absolute Gasteiger partial charge is 0.444 e. The molecule has 1 aromatic rings. The van der Waals surface area contributed by atoms with Crippen LogP contribution in [0.2, 0.25) is 0 Å². The minimum Gasteiger partial charge on any atom is -0.444 e. The summed E-state index contributed by atoms with van der Waals surface area (Å²) in [5.74, 6) is 0. The molecule has 5 nitrogen and oxygen atoms in total. The number of nitrogens with zero attached hydrogens (tertiary/aromatic N) is 2. The second kappa shape index (κ2) is 6.75. The van der Waals surface area contributed by atoms with Crippen molar-refractivity contribution in [3.8, 4) is 0 Å². The van der Waals surface area contributed by atoms with Crippen molar-refractivity contribution in [3.63, 3.8) is 0 Å². The molecule has 21 heavy (non-hydrogen) atoms. The summed E-state index contributed by atoms with van der Waals surface area (Å²) >= 11 is 1.65. The van der Waals surface area contributed by atoms with Crippen LogP contribution in [0.4, 0.5) is 4.79 Å². The maximum absolute atomic E-state index is 12.2. The van der Waals surface area contributed by atoms with Gasteiger partial charge in [0.2, 0.25) is 0 Å². The summed E-state index contributed by atoms with van der Waals surface area (Å²) in [5.41, 5.74) is -0.439. The van der Waals surface area contributed by atoms with E-state index in [1.807, 2.05) is 37.2 Å². The van der Waals surface area contributed by atoms with Gasteiger partial charge in [-0.3, -0.25) is 0 Å². The molecule has 1 N–H and O–H groups in total. The summed E-state index contributed by atoms with van der Waals surface area (Å²) < 4.78 is 5.48. The summed E-state index contributed by atoms with van der Waals surface area (Å²) in [6.07, 6.45) is 3.68. The lowest BCUT2D eigenvalue weighted by Crippen LogP contribution is -2.44. The summed E-state index contributed by atoms with van der Waals surface area (Å²) in [4.78, 5) is 18.4. The first-order chi connectivity index (χ1) is 9.87. The standard InChI is InChI=1S/C15H25N3O2S/c1-11(13-16-7-9-21-13)17-10-12-6-5-8-18(12)14(19)20-15(2,3)4/h7,9,11-12,17H,5-6,8,10H2,1-4H3/t11-,12+/m0/s1. The highest BCUT2D eigenvalue weighted by molar-refractivity contribution is 7.09. The van der Waals surface area contributed by atoms with E-state index >= 15 is 0 Å². The molecule has 1 saturated heterocycles. The summed E-state index contributed by atoms with van der Waals surface area (Å²) in [7, 11) is 0. The van der Waals surface area contributed by atoms with Crippen molar-refractivity contribution >= 4 is 17.4 Å². The zero-order valence-electron chi connectivity index (χ0n) is 13.3. The predicted molar refractivity (Wildman–Crippen MR) is 84.5 cm³/mol. The highest BCUT2D eigenvalue weighted by atomic mass is 32.1. The van der Waals surface area contributed by atoms with Gasteiger partial charge in [0.1, 0.15) is 10.6 Å². The van der Waals surface area contributed by atoms with Crippen molar-refractivity contribution in [3.05, 3.63) is 16.6 Å². The number of carbonyl (C=O) groups is 1. The first-order valence-electron chi connectivity index (χ1n) is 7.49. The van der Waals surface area contributed by atoms with Gasteiger partial charge in [-0.2, -0.15) is 0 Å². The Morgan fingerprint density at radius 2 is 2.38 bits per heavy atom. The fraction of sp³-hybridized carbons (Fsp3) is 0.733. The van der Waals surface area contributed by atoms with Gasteiger partial charge in [-0.25, -0.2) is 9.78 Å². The fourth-order valence-electron chi connectivity index (χ4n) is 2.46. The number of hydrogen-bond acceptors (Lipinski definition) is 5. The third-order valence-electron chi connectivity index (χ3n) is 3.49. The normalized spacial score (nSPS) is 20.6. The SMILES string of the molecule is C[C@H](NC[C@H]1CCCN1C(=O)OC(C)(C)C)c1nccs1. The molecule has 0 saturated carbocycles. The van der Waals surface area contributed by atoms with Crippen molar-refractivity contribution < 1.29 is 9.53 Å². The van der Waals surface area contributed by atoms with E-state index in [0.29, 0.717) is 0 Å². The van der Waals surface area contributed by atoms with Crippen molar-refractivity contribution in [1.29, 1.82) is 0 Å². The number of rotatable bonds is 4. The Kier molecular flexibility index (Phi) is 5.22. The van der Waals surface area contributed by atoms with E-state index in [-0.39, 0.29) is 18.2 Å². The highest BCUT2D eigenvalue weighted by Gasteiger charge is 2.32. The molecule has 0 aliphatic carbocycles. The van der Waals surface area contributed by atoms with Crippen molar-refractivity contribution in [2.45, 2.75) is 58.2 Å². The van der Waals surface area contributed by atoms with Gasteiger partial charge in [0.15, 0.2) is 0 Å². The molecule has 0 radical (unpaired) electrons. The Labute approximate surface area is 130 Å². The molecule has 0 aromatic carbocycles. The van der Waals surface area contributed by atoms with E-state index < -0.39 is 5.60 Å². The Balaban J connectivity index is 1.86. The van der Waals surface area contributed by atoms with E-state index in [4.69, 9.17) is 4.74 Å². The molecule has 0 unspecified atom stereocenters. The van der Waals surface area contributed by atoms with E-state index in [2.05, 4.69) is 17.2 Å². The van der Waals surface area contributed by atoms with Crippen LogP contribution in [-0.2, 0) is 4.74 Å². The van der Waals surface area contributed by atoms with Gasteiger partial charge < -0.3 is 15.0 Å². The third-order valence-corrected chi connectivity index (χ3v) is 4.44. The van der Waals surface area contributed by atoms with Crippen LogP contribution in [0.15, 0.2) is 11.6 Å². The average molecular weight is 311 g/mol. The van der Waals surface area contributed by atoms with Crippen molar-refractivity contribution in [1.82, 2.24) is 15.2 Å². The number of carbonyl (C=O) groups excluding carboxylic acids is 1. The first-order valence-corrected chi connectivity index (χ1v) is 8.37. The van der Waals surface area contributed by atoms with Crippen LogP contribution in [0.5, 0.6) is 0 Å². The van der Waals surface area contributed by atoms with Gasteiger partial charge in [-0.05, 0) is 40.5 Å². The van der Waals surface area contributed by atoms with Gasteiger partial charge >= 0.3 is 6.09 Å². The third kappa shape index (κ3) is 4.68. The second-order valence-electron chi connectivity index (χ2n) is 6.47. The van der Waals surface area contributed by atoms with Gasteiger partial charge in [0.25, 0.3) is 0 Å². The Morgan fingerprint density at radius 1 is 1.62 bits per heavy atom. The van der Waals surface area contributed by atoms with Crippen molar-refractivity contribution in [2.24, 2.45) is 0 Å². The summed E-state index contributed by atoms with van der Waals surface area (Å²) in [6.45, 7) is 9.37. The van der Waals surface area contributed by atoms with Gasteiger partial charge in [-0.15, -0.1) is 11.3 Å². The van der Waals surface area contributed by atoms with Crippen LogP contribution in [-0.4, -0.2) is 40.7 Å². The molecule has 1 aliphatic heterocycles.